The van der Waals surface area contributed by atoms with E-state index < -0.39 is 0 Å². The molecule has 1 aliphatic heterocycles. The number of nitrogens with zero attached hydrogens (tertiary/aromatic N) is 2. The van der Waals surface area contributed by atoms with Crippen LogP contribution in [0, 0.1) is 5.92 Å². The maximum atomic E-state index is 12.1. The van der Waals surface area contributed by atoms with Crippen molar-refractivity contribution in [2.45, 2.75) is 58.3 Å². The van der Waals surface area contributed by atoms with Crippen molar-refractivity contribution >= 4 is 41.8 Å². The second kappa shape index (κ2) is 14.0. The number of guanidine groups is 1. The van der Waals surface area contributed by atoms with E-state index in [-0.39, 0.29) is 41.7 Å². The van der Waals surface area contributed by atoms with Crippen LogP contribution in [0.3, 0.4) is 0 Å². The van der Waals surface area contributed by atoms with Gasteiger partial charge in [-0.25, -0.2) is 0 Å². The number of rotatable bonds is 9. The van der Waals surface area contributed by atoms with Crippen LogP contribution in [0.5, 0.6) is 0 Å². The van der Waals surface area contributed by atoms with Gasteiger partial charge in [0, 0.05) is 51.6 Å². The van der Waals surface area contributed by atoms with E-state index in [1.54, 1.807) is 0 Å². The Bertz CT molecular complexity index is 481. The second-order valence-corrected chi connectivity index (χ2v) is 7.15. The topological polar surface area (TPSA) is 85.8 Å². The van der Waals surface area contributed by atoms with Crippen molar-refractivity contribution < 1.29 is 9.59 Å². The van der Waals surface area contributed by atoms with Gasteiger partial charge in [0.05, 0.1) is 0 Å². The highest BCUT2D eigenvalue weighted by atomic mass is 127. The Morgan fingerprint density at radius 3 is 2.52 bits per heavy atom. The van der Waals surface area contributed by atoms with Crippen molar-refractivity contribution in [3.05, 3.63) is 0 Å². The molecule has 7 nitrogen and oxygen atoms in total. The van der Waals surface area contributed by atoms with Crippen LogP contribution in [0.25, 0.3) is 0 Å². The molecular formula is C19H36IN5O2. The SMILES string of the molecule is CCNC(=NCCCN1CCCC1=O)NCCNC(=O)C1CCCCC1.I. The monoisotopic (exact) mass is 493 g/mol. The Morgan fingerprint density at radius 2 is 1.85 bits per heavy atom. The average Bonchev–Trinajstić information content (AvgIpc) is 3.07. The van der Waals surface area contributed by atoms with E-state index in [1.807, 2.05) is 11.8 Å². The van der Waals surface area contributed by atoms with Crippen LogP contribution in [0.1, 0.15) is 58.3 Å². The molecule has 1 saturated heterocycles. The predicted molar refractivity (Wildman–Crippen MR) is 119 cm³/mol. The van der Waals surface area contributed by atoms with Gasteiger partial charge in [0.1, 0.15) is 0 Å². The quantitative estimate of drug-likeness (QED) is 0.198. The molecule has 0 aromatic carbocycles. The van der Waals surface area contributed by atoms with E-state index in [2.05, 4.69) is 20.9 Å². The number of halogens is 1. The highest BCUT2D eigenvalue weighted by Crippen LogP contribution is 2.23. The number of carbonyl (C=O) groups is 2. The molecule has 2 amide bonds. The fraction of sp³-hybridized carbons (Fsp3) is 0.842. The van der Waals surface area contributed by atoms with E-state index in [9.17, 15) is 9.59 Å². The minimum Gasteiger partial charge on any atom is -0.357 e. The zero-order chi connectivity index (χ0) is 18.6. The Balaban J connectivity index is 0.00000364. The number of amides is 2. The fourth-order valence-electron chi connectivity index (χ4n) is 3.61. The summed E-state index contributed by atoms with van der Waals surface area (Å²) in [5.41, 5.74) is 0. The third-order valence-corrected chi connectivity index (χ3v) is 5.06. The molecule has 0 aromatic heterocycles. The molecule has 3 N–H and O–H groups in total. The van der Waals surface area contributed by atoms with Crippen molar-refractivity contribution in [3.8, 4) is 0 Å². The number of aliphatic imine (C=N–C) groups is 1. The van der Waals surface area contributed by atoms with Gasteiger partial charge in [0.15, 0.2) is 5.96 Å². The lowest BCUT2D eigenvalue weighted by molar-refractivity contribution is -0.128. The highest BCUT2D eigenvalue weighted by molar-refractivity contribution is 14.0. The van der Waals surface area contributed by atoms with Crippen molar-refractivity contribution in [2.75, 3.05) is 39.3 Å². The van der Waals surface area contributed by atoms with Gasteiger partial charge in [-0.05, 0) is 32.6 Å². The van der Waals surface area contributed by atoms with Gasteiger partial charge >= 0.3 is 0 Å². The summed E-state index contributed by atoms with van der Waals surface area (Å²) in [5.74, 6) is 1.45. The first-order chi connectivity index (χ1) is 12.7. The summed E-state index contributed by atoms with van der Waals surface area (Å²) in [5, 5.41) is 9.51. The Kier molecular flexibility index (Phi) is 12.4. The minimum absolute atomic E-state index is 0. The molecule has 0 bridgehead atoms. The molecule has 2 rings (SSSR count). The maximum absolute atomic E-state index is 12.1. The molecule has 1 aliphatic carbocycles. The summed E-state index contributed by atoms with van der Waals surface area (Å²) in [7, 11) is 0. The van der Waals surface area contributed by atoms with Crippen LogP contribution < -0.4 is 16.0 Å². The maximum Gasteiger partial charge on any atom is 0.223 e. The summed E-state index contributed by atoms with van der Waals surface area (Å²) in [6.07, 6.45) is 8.23. The first-order valence-electron chi connectivity index (χ1n) is 10.3. The molecule has 2 aliphatic rings. The standard InChI is InChI=1S/C19H35N5O2.HI/c1-2-20-19(22-11-7-15-24-14-6-10-17(24)25)23-13-12-21-18(26)16-8-4-3-5-9-16;/h16H,2-15H2,1H3,(H,21,26)(H2,20,22,23);1H. The van der Waals surface area contributed by atoms with Gasteiger partial charge < -0.3 is 20.9 Å². The lowest BCUT2D eigenvalue weighted by atomic mass is 9.89. The fourth-order valence-corrected chi connectivity index (χ4v) is 3.61. The molecular weight excluding hydrogens is 457 g/mol. The zero-order valence-electron chi connectivity index (χ0n) is 16.6. The summed E-state index contributed by atoms with van der Waals surface area (Å²) >= 11 is 0. The van der Waals surface area contributed by atoms with Gasteiger partial charge in [-0.15, -0.1) is 24.0 Å². The molecule has 1 heterocycles. The summed E-state index contributed by atoms with van der Waals surface area (Å²) in [4.78, 5) is 30.2. The molecule has 0 radical (unpaired) electrons. The Hall–Kier alpha value is -1.06. The van der Waals surface area contributed by atoms with Crippen molar-refractivity contribution in [1.29, 1.82) is 0 Å². The number of likely N-dealkylation sites (tertiary alicyclic amines) is 1. The van der Waals surface area contributed by atoms with E-state index in [4.69, 9.17) is 0 Å². The average molecular weight is 493 g/mol. The lowest BCUT2D eigenvalue weighted by Crippen LogP contribution is -2.42. The normalized spacial score (nSPS) is 18.2. The Morgan fingerprint density at radius 1 is 1.11 bits per heavy atom. The van der Waals surface area contributed by atoms with Crippen LogP contribution in [-0.2, 0) is 9.59 Å². The minimum atomic E-state index is 0. The van der Waals surface area contributed by atoms with Crippen LogP contribution in [-0.4, -0.2) is 61.9 Å². The van der Waals surface area contributed by atoms with Crippen LogP contribution >= 0.6 is 24.0 Å². The number of carbonyl (C=O) groups excluding carboxylic acids is 2. The van der Waals surface area contributed by atoms with Gasteiger partial charge in [-0.2, -0.15) is 0 Å². The van der Waals surface area contributed by atoms with E-state index in [0.29, 0.717) is 26.1 Å². The third kappa shape index (κ3) is 9.12. The summed E-state index contributed by atoms with van der Waals surface area (Å²) in [6, 6.07) is 0. The zero-order valence-corrected chi connectivity index (χ0v) is 18.9. The van der Waals surface area contributed by atoms with Gasteiger partial charge in [0.2, 0.25) is 11.8 Å². The molecule has 0 spiro atoms. The molecule has 2 fully saturated rings. The molecule has 27 heavy (non-hydrogen) atoms. The van der Waals surface area contributed by atoms with Gasteiger partial charge in [-0.1, -0.05) is 19.3 Å². The first kappa shape index (κ1) is 24.0. The van der Waals surface area contributed by atoms with Crippen LogP contribution in [0.2, 0.25) is 0 Å². The molecule has 1 saturated carbocycles. The van der Waals surface area contributed by atoms with Crippen molar-refractivity contribution in [3.63, 3.8) is 0 Å². The van der Waals surface area contributed by atoms with E-state index in [0.717, 1.165) is 51.3 Å². The molecule has 0 aromatic rings. The predicted octanol–water partition coefficient (Wildman–Crippen LogP) is 1.87. The van der Waals surface area contributed by atoms with Gasteiger partial charge in [0.25, 0.3) is 0 Å². The van der Waals surface area contributed by atoms with Crippen LogP contribution in [0.4, 0.5) is 0 Å². The van der Waals surface area contributed by atoms with Crippen molar-refractivity contribution in [2.24, 2.45) is 10.9 Å². The van der Waals surface area contributed by atoms with Crippen LogP contribution in [0.15, 0.2) is 4.99 Å². The van der Waals surface area contributed by atoms with Gasteiger partial charge in [-0.3, -0.25) is 14.6 Å². The Labute approximate surface area is 180 Å². The highest BCUT2D eigenvalue weighted by Gasteiger charge is 2.20. The second-order valence-electron chi connectivity index (χ2n) is 7.15. The molecule has 156 valence electrons. The molecule has 0 unspecified atom stereocenters. The number of hydrogen-bond donors (Lipinski definition) is 3. The van der Waals surface area contributed by atoms with Crippen molar-refractivity contribution in [1.82, 2.24) is 20.9 Å². The summed E-state index contributed by atoms with van der Waals surface area (Å²) < 4.78 is 0. The molecule has 8 heteroatoms. The third-order valence-electron chi connectivity index (χ3n) is 5.06. The number of nitrogens with one attached hydrogen (secondary N) is 3. The van der Waals surface area contributed by atoms with E-state index in [1.165, 1.54) is 19.3 Å². The number of hydrogen-bond acceptors (Lipinski definition) is 3. The largest absolute Gasteiger partial charge is 0.357 e. The first-order valence-corrected chi connectivity index (χ1v) is 10.3. The van der Waals surface area contributed by atoms with E-state index >= 15 is 0 Å². The smallest absolute Gasteiger partial charge is 0.223 e. The summed E-state index contributed by atoms with van der Waals surface area (Å²) in [6.45, 7) is 6.47. The lowest BCUT2D eigenvalue weighted by Gasteiger charge is -2.21. The molecule has 0 atom stereocenters.